The number of hydrogen-bond acceptors (Lipinski definition) is 4. The van der Waals surface area contributed by atoms with Gasteiger partial charge in [0.2, 0.25) is 0 Å². The van der Waals surface area contributed by atoms with Crippen molar-refractivity contribution in [1.29, 1.82) is 5.26 Å². The molecule has 124 valence electrons. The summed E-state index contributed by atoms with van der Waals surface area (Å²) in [6.07, 6.45) is -4.15. The van der Waals surface area contributed by atoms with Gasteiger partial charge in [0.05, 0.1) is 11.1 Å². The SMILES string of the molecule is N#Cc1ccccc1OCC(=O)Nc1cc(C(F)(F)F)c[nH]c1=O. The number of nitriles is 1. The predicted molar refractivity (Wildman–Crippen MR) is 77.3 cm³/mol. The zero-order chi connectivity index (χ0) is 17.7. The van der Waals surface area contributed by atoms with Gasteiger partial charge in [0.15, 0.2) is 6.61 Å². The minimum atomic E-state index is -4.66. The third-order valence-corrected chi connectivity index (χ3v) is 2.87. The van der Waals surface area contributed by atoms with Crippen molar-refractivity contribution >= 4 is 11.6 Å². The quantitative estimate of drug-likeness (QED) is 0.895. The van der Waals surface area contributed by atoms with Crippen molar-refractivity contribution in [2.45, 2.75) is 6.18 Å². The first-order chi connectivity index (χ1) is 11.3. The van der Waals surface area contributed by atoms with Gasteiger partial charge in [0.25, 0.3) is 11.5 Å². The standard InChI is InChI=1S/C15H10F3N3O3/c16-15(17,18)10-5-11(14(23)20-7-10)21-13(22)8-24-12-4-2-1-3-9(12)6-19/h1-5,7H,8H2,(H,20,23)(H,21,22). The fourth-order valence-corrected chi connectivity index (χ4v) is 1.75. The maximum Gasteiger partial charge on any atom is 0.417 e. The highest BCUT2D eigenvalue weighted by molar-refractivity contribution is 5.91. The monoisotopic (exact) mass is 337 g/mol. The Bertz CT molecular complexity index is 853. The van der Waals surface area contributed by atoms with E-state index in [-0.39, 0.29) is 11.3 Å². The highest BCUT2D eigenvalue weighted by atomic mass is 19.4. The van der Waals surface area contributed by atoms with Gasteiger partial charge in [-0.1, -0.05) is 12.1 Å². The summed E-state index contributed by atoms with van der Waals surface area (Å²) in [5.41, 5.74) is -2.34. The van der Waals surface area contributed by atoms with Crippen LogP contribution >= 0.6 is 0 Å². The van der Waals surface area contributed by atoms with Crippen LogP contribution in [0.25, 0.3) is 0 Å². The molecular formula is C15H10F3N3O3. The van der Waals surface area contributed by atoms with E-state index in [0.717, 1.165) is 0 Å². The summed E-state index contributed by atoms with van der Waals surface area (Å²) in [7, 11) is 0. The maximum absolute atomic E-state index is 12.6. The fourth-order valence-electron chi connectivity index (χ4n) is 1.75. The summed E-state index contributed by atoms with van der Waals surface area (Å²) >= 11 is 0. The van der Waals surface area contributed by atoms with E-state index in [1.807, 2.05) is 16.4 Å². The van der Waals surface area contributed by atoms with Crippen LogP contribution in [0.3, 0.4) is 0 Å². The number of carbonyl (C=O) groups is 1. The van der Waals surface area contributed by atoms with Crippen molar-refractivity contribution < 1.29 is 22.7 Å². The van der Waals surface area contributed by atoms with Crippen LogP contribution in [0.15, 0.2) is 41.3 Å². The smallest absolute Gasteiger partial charge is 0.417 e. The average Bonchev–Trinajstić information content (AvgIpc) is 2.54. The largest absolute Gasteiger partial charge is 0.482 e. The lowest BCUT2D eigenvalue weighted by Crippen LogP contribution is -2.25. The van der Waals surface area contributed by atoms with Gasteiger partial charge < -0.3 is 15.0 Å². The molecule has 2 N–H and O–H groups in total. The molecule has 0 unspecified atom stereocenters. The summed E-state index contributed by atoms with van der Waals surface area (Å²) in [5, 5.41) is 10.9. The molecule has 1 aromatic heterocycles. The van der Waals surface area contributed by atoms with Crippen molar-refractivity contribution in [2.24, 2.45) is 0 Å². The molecule has 9 heteroatoms. The Balaban J connectivity index is 2.08. The van der Waals surface area contributed by atoms with Crippen LogP contribution in [0, 0.1) is 11.3 Å². The molecule has 0 spiro atoms. The number of halogens is 3. The van der Waals surface area contributed by atoms with Crippen LogP contribution in [-0.2, 0) is 11.0 Å². The van der Waals surface area contributed by atoms with Gasteiger partial charge in [-0.25, -0.2) is 0 Å². The Morgan fingerprint density at radius 1 is 1.33 bits per heavy atom. The molecule has 0 aliphatic heterocycles. The average molecular weight is 337 g/mol. The molecule has 2 rings (SSSR count). The Hall–Kier alpha value is -3.28. The number of benzene rings is 1. The minimum Gasteiger partial charge on any atom is -0.482 e. The second kappa shape index (κ2) is 6.87. The van der Waals surface area contributed by atoms with Crippen LogP contribution in [0.4, 0.5) is 18.9 Å². The zero-order valence-corrected chi connectivity index (χ0v) is 12.0. The number of nitrogens with one attached hydrogen (secondary N) is 2. The first-order valence-electron chi connectivity index (χ1n) is 6.53. The van der Waals surface area contributed by atoms with Gasteiger partial charge in [0, 0.05) is 6.20 Å². The summed E-state index contributed by atoms with van der Waals surface area (Å²) in [4.78, 5) is 25.1. The normalized spacial score (nSPS) is 10.8. The number of anilines is 1. The van der Waals surface area contributed by atoms with E-state index in [1.54, 1.807) is 12.1 Å². The van der Waals surface area contributed by atoms with Crippen LogP contribution in [0.1, 0.15) is 11.1 Å². The number of alkyl halides is 3. The van der Waals surface area contributed by atoms with E-state index >= 15 is 0 Å². The van der Waals surface area contributed by atoms with E-state index in [2.05, 4.69) is 0 Å². The molecule has 24 heavy (non-hydrogen) atoms. The number of H-pyrrole nitrogens is 1. The number of ether oxygens (including phenoxy) is 1. The third kappa shape index (κ3) is 4.13. The van der Waals surface area contributed by atoms with E-state index in [4.69, 9.17) is 10.00 Å². The summed E-state index contributed by atoms with van der Waals surface area (Å²) in [5.74, 6) is -0.694. The molecule has 2 aromatic rings. The predicted octanol–water partition coefficient (Wildman–Crippen LogP) is 2.28. The Morgan fingerprint density at radius 2 is 2.04 bits per heavy atom. The van der Waals surface area contributed by atoms with Crippen LogP contribution in [0.5, 0.6) is 5.75 Å². The summed E-state index contributed by atoms with van der Waals surface area (Å²) < 4.78 is 42.9. The molecule has 0 radical (unpaired) electrons. The number of aromatic amines is 1. The van der Waals surface area contributed by atoms with Gasteiger partial charge in [-0.3, -0.25) is 9.59 Å². The molecule has 0 saturated carbocycles. The molecule has 0 aliphatic rings. The molecule has 0 saturated heterocycles. The number of rotatable bonds is 4. The molecule has 0 fully saturated rings. The number of hydrogen-bond donors (Lipinski definition) is 2. The number of nitrogens with zero attached hydrogens (tertiary/aromatic N) is 1. The second-order valence-corrected chi connectivity index (χ2v) is 4.57. The zero-order valence-electron chi connectivity index (χ0n) is 12.0. The first-order valence-corrected chi connectivity index (χ1v) is 6.53. The van der Waals surface area contributed by atoms with E-state index in [1.165, 1.54) is 12.1 Å². The van der Waals surface area contributed by atoms with Crippen LogP contribution in [-0.4, -0.2) is 17.5 Å². The number of pyridine rings is 1. The molecule has 1 aromatic carbocycles. The molecule has 0 aliphatic carbocycles. The molecule has 1 heterocycles. The van der Waals surface area contributed by atoms with Crippen molar-refractivity contribution in [3.8, 4) is 11.8 Å². The number of amides is 1. The number of para-hydroxylation sites is 1. The van der Waals surface area contributed by atoms with Crippen molar-refractivity contribution in [3.63, 3.8) is 0 Å². The molecule has 1 amide bonds. The van der Waals surface area contributed by atoms with Crippen molar-refractivity contribution in [3.05, 3.63) is 58.0 Å². The highest BCUT2D eigenvalue weighted by Crippen LogP contribution is 2.29. The van der Waals surface area contributed by atoms with Gasteiger partial charge in [-0.2, -0.15) is 18.4 Å². The molecule has 6 nitrogen and oxygen atoms in total. The lowest BCUT2D eigenvalue weighted by molar-refractivity contribution is -0.137. The van der Waals surface area contributed by atoms with E-state index < -0.39 is 35.5 Å². The molecule has 0 atom stereocenters. The topological polar surface area (TPSA) is 95.0 Å². The van der Waals surface area contributed by atoms with Gasteiger partial charge >= 0.3 is 6.18 Å². The third-order valence-electron chi connectivity index (χ3n) is 2.87. The second-order valence-electron chi connectivity index (χ2n) is 4.57. The van der Waals surface area contributed by atoms with Gasteiger partial charge in [-0.05, 0) is 18.2 Å². The lowest BCUT2D eigenvalue weighted by atomic mass is 10.2. The van der Waals surface area contributed by atoms with E-state index in [9.17, 15) is 22.8 Å². The van der Waals surface area contributed by atoms with E-state index in [0.29, 0.717) is 12.3 Å². The number of carbonyl (C=O) groups excluding carboxylic acids is 1. The van der Waals surface area contributed by atoms with Crippen LogP contribution < -0.4 is 15.6 Å². The summed E-state index contributed by atoms with van der Waals surface area (Å²) in [6, 6.07) is 8.53. The fraction of sp³-hybridized carbons (Fsp3) is 0.133. The van der Waals surface area contributed by atoms with Crippen LogP contribution in [0.2, 0.25) is 0 Å². The van der Waals surface area contributed by atoms with Gasteiger partial charge in [0.1, 0.15) is 17.5 Å². The van der Waals surface area contributed by atoms with Crippen molar-refractivity contribution in [1.82, 2.24) is 4.98 Å². The van der Waals surface area contributed by atoms with Crippen molar-refractivity contribution in [2.75, 3.05) is 11.9 Å². The minimum absolute atomic E-state index is 0.146. The first kappa shape index (κ1) is 17.1. The highest BCUT2D eigenvalue weighted by Gasteiger charge is 2.31. The maximum atomic E-state index is 12.6. The van der Waals surface area contributed by atoms with Gasteiger partial charge in [-0.15, -0.1) is 0 Å². The Morgan fingerprint density at radius 3 is 2.71 bits per heavy atom. The Labute approximate surface area is 133 Å². The molecular weight excluding hydrogens is 327 g/mol. The molecule has 0 bridgehead atoms. The number of aromatic nitrogens is 1. The summed E-state index contributed by atoms with van der Waals surface area (Å²) in [6.45, 7) is -0.575. The lowest BCUT2D eigenvalue weighted by Gasteiger charge is -2.10. The Kier molecular flexibility index (Phi) is 4.89.